The number of hydrogen-bond acceptors (Lipinski definition) is 5. The van der Waals surface area contributed by atoms with Crippen molar-refractivity contribution in [2.75, 3.05) is 11.9 Å². The molecule has 27 heavy (non-hydrogen) atoms. The average molecular weight is 409 g/mol. The van der Waals surface area contributed by atoms with Crippen LogP contribution in [-0.2, 0) is 32.4 Å². The number of sulfonamides is 1. The highest BCUT2D eigenvalue weighted by molar-refractivity contribution is 7.89. The van der Waals surface area contributed by atoms with Gasteiger partial charge >= 0.3 is 5.97 Å². The van der Waals surface area contributed by atoms with E-state index < -0.39 is 28.5 Å². The summed E-state index contributed by atoms with van der Waals surface area (Å²) in [4.78, 5) is 23.9. The summed E-state index contributed by atoms with van der Waals surface area (Å²) in [7, 11) is -4.00. The van der Waals surface area contributed by atoms with Crippen LogP contribution in [0.1, 0.15) is 27.9 Å². The van der Waals surface area contributed by atoms with E-state index in [1.807, 2.05) is 12.1 Å². The zero-order valence-electron chi connectivity index (χ0n) is 14.2. The van der Waals surface area contributed by atoms with Gasteiger partial charge in [-0.3, -0.25) is 4.79 Å². The minimum absolute atomic E-state index is 0.00793. The van der Waals surface area contributed by atoms with Gasteiger partial charge in [0.15, 0.2) is 6.61 Å². The summed E-state index contributed by atoms with van der Waals surface area (Å²) < 4.78 is 27.7. The molecule has 7 nitrogen and oxygen atoms in total. The fraction of sp³-hybridized carbons (Fsp3) is 0.222. The van der Waals surface area contributed by atoms with Gasteiger partial charge in [-0.2, -0.15) is 0 Å². The lowest BCUT2D eigenvalue weighted by atomic mass is 10.1. The monoisotopic (exact) mass is 408 g/mol. The molecule has 142 valence electrons. The Labute approximate surface area is 161 Å². The lowest BCUT2D eigenvalue weighted by molar-refractivity contribution is -0.119. The van der Waals surface area contributed by atoms with Gasteiger partial charge in [0.05, 0.1) is 15.5 Å². The molecule has 0 spiro atoms. The standard InChI is InChI=1S/C18H17ClN2O5S/c19-16-7-6-14(27(20,24)25)9-15(16)18(23)26-10-17(22)21-13-5-4-11-2-1-3-12(11)8-13/h4-9H,1-3,10H2,(H,21,22)(H2,20,24,25). The van der Waals surface area contributed by atoms with Crippen LogP contribution in [0.25, 0.3) is 0 Å². The van der Waals surface area contributed by atoms with Crippen LogP contribution in [0.15, 0.2) is 41.3 Å². The molecule has 3 N–H and O–H groups in total. The Morgan fingerprint density at radius 2 is 1.85 bits per heavy atom. The van der Waals surface area contributed by atoms with E-state index in [1.165, 1.54) is 23.3 Å². The highest BCUT2D eigenvalue weighted by Crippen LogP contribution is 2.25. The molecule has 0 aromatic heterocycles. The van der Waals surface area contributed by atoms with Crippen molar-refractivity contribution in [2.45, 2.75) is 24.2 Å². The Hall–Kier alpha value is -2.42. The second kappa shape index (κ2) is 7.67. The molecular formula is C18H17ClN2O5S. The molecule has 0 saturated heterocycles. The van der Waals surface area contributed by atoms with E-state index in [1.54, 1.807) is 6.07 Å². The average Bonchev–Trinajstić information content (AvgIpc) is 3.06. The van der Waals surface area contributed by atoms with E-state index >= 15 is 0 Å². The van der Waals surface area contributed by atoms with Gasteiger partial charge in [-0.25, -0.2) is 18.4 Å². The summed E-state index contributed by atoms with van der Waals surface area (Å²) in [6.45, 7) is -0.536. The lowest BCUT2D eigenvalue weighted by Crippen LogP contribution is -2.21. The van der Waals surface area contributed by atoms with Crippen LogP contribution in [-0.4, -0.2) is 26.9 Å². The number of nitrogens with two attached hydrogens (primary N) is 1. The predicted molar refractivity (Wildman–Crippen MR) is 100 cm³/mol. The van der Waals surface area contributed by atoms with E-state index in [-0.39, 0.29) is 15.5 Å². The number of aryl methyl sites for hydroxylation is 2. The summed E-state index contributed by atoms with van der Waals surface area (Å²) >= 11 is 5.90. The molecular weight excluding hydrogens is 392 g/mol. The van der Waals surface area contributed by atoms with Crippen LogP contribution >= 0.6 is 11.6 Å². The first-order chi connectivity index (χ1) is 12.7. The Balaban J connectivity index is 1.63. The maximum atomic E-state index is 12.1. The first-order valence-corrected chi connectivity index (χ1v) is 10.1. The topological polar surface area (TPSA) is 116 Å². The molecule has 0 atom stereocenters. The number of fused-ring (bicyclic) bond motifs is 1. The second-order valence-electron chi connectivity index (χ2n) is 6.15. The quantitative estimate of drug-likeness (QED) is 0.736. The van der Waals surface area contributed by atoms with Crippen molar-refractivity contribution in [3.63, 3.8) is 0 Å². The van der Waals surface area contributed by atoms with E-state index in [0.717, 1.165) is 25.3 Å². The minimum atomic E-state index is -4.00. The zero-order valence-corrected chi connectivity index (χ0v) is 15.8. The molecule has 2 aromatic carbocycles. The number of rotatable bonds is 5. The van der Waals surface area contributed by atoms with Gasteiger partial charge in [0.1, 0.15) is 0 Å². The number of anilines is 1. The van der Waals surface area contributed by atoms with Crippen LogP contribution < -0.4 is 10.5 Å². The number of halogens is 1. The minimum Gasteiger partial charge on any atom is -0.452 e. The van der Waals surface area contributed by atoms with Gasteiger partial charge in [0, 0.05) is 5.69 Å². The largest absolute Gasteiger partial charge is 0.452 e. The van der Waals surface area contributed by atoms with Gasteiger partial charge in [-0.05, 0) is 60.7 Å². The number of nitrogens with one attached hydrogen (secondary N) is 1. The molecule has 3 rings (SSSR count). The van der Waals surface area contributed by atoms with E-state index in [0.29, 0.717) is 5.69 Å². The van der Waals surface area contributed by atoms with Gasteiger partial charge in [0.2, 0.25) is 10.0 Å². The van der Waals surface area contributed by atoms with E-state index in [2.05, 4.69) is 5.32 Å². The molecule has 9 heteroatoms. The van der Waals surface area contributed by atoms with Crippen molar-refractivity contribution in [3.8, 4) is 0 Å². The Morgan fingerprint density at radius 3 is 2.59 bits per heavy atom. The number of primary sulfonamides is 1. The fourth-order valence-electron chi connectivity index (χ4n) is 2.89. The number of hydrogen-bond donors (Lipinski definition) is 2. The molecule has 1 aliphatic rings. The van der Waals surface area contributed by atoms with E-state index in [4.69, 9.17) is 21.5 Å². The third-order valence-corrected chi connectivity index (χ3v) is 5.44. The third-order valence-electron chi connectivity index (χ3n) is 4.20. The molecule has 1 amide bonds. The highest BCUT2D eigenvalue weighted by Gasteiger charge is 2.18. The molecule has 0 aliphatic heterocycles. The maximum absolute atomic E-state index is 12.1. The molecule has 0 bridgehead atoms. The van der Waals surface area contributed by atoms with Crippen LogP contribution in [0.4, 0.5) is 5.69 Å². The summed E-state index contributed by atoms with van der Waals surface area (Å²) in [5, 5.41) is 7.69. The molecule has 0 heterocycles. The van der Waals surface area contributed by atoms with Crippen molar-refractivity contribution in [1.82, 2.24) is 0 Å². The Bertz CT molecular complexity index is 1020. The second-order valence-corrected chi connectivity index (χ2v) is 8.12. The predicted octanol–water partition coefficient (Wildman–Crippen LogP) is 2.27. The molecule has 0 unspecified atom stereocenters. The summed E-state index contributed by atoms with van der Waals surface area (Å²) in [6, 6.07) is 9.10. The van der Waals surface area contributed by atoms with Crippen molar-refractivity contribution in [1.29, 1.82) is 0 Å². The third kappa shape index (κ3) is 4.65. The van der Waals surface area contributed by atoms with Crippen molar-refractivity contribution in [3.05, 3.63) is 58.1 Å². The van der Waals surface area contributed by atoms with Gasteiger partial charge < -0.3 is 10.1 Å². The summed E-state index contributed by atoms with van der Waals surface area (Å²) in [5.41, 5.74) is 2.93. The Kier molecular flexibility index (Phi) is 5.50. The lowest BCUT2D eigenvalue weighted by Gasteiger charge is -2.09. The number of amides is 1. The molecule has 2 aromatic rings. The van der Waals surface area contributed by atoms with Gasteiger partial charge in [-0.15, -0.1) is 0 Å². The zero-order chi connectivity index (χ0) is 19.6. The highest BCUT2D eigenvalue weighted by atomic mass is 35.5. The number of ether oxygens (including phenoxy) is 1. The molecule has 0 fully saturated rings. The number of carbonyl (C=O) groups is 2. The smallest absolute Gasteiger partial charge is 0.340 e. The van der Waals surface area contributed by atoms with Gasteiger partial charge in [-0.1, -0.05) is 17.7 Å². The number of carbonyl (C=O) groups excluding carboxylic acids is 2. The normalized spacial score (nSPS) is 13.1. The first kappa shape index (κ1) is 19.3. The van der Waals surface area contributed by atoms with Crippen LogP contribution in [0.2, 0.25) is 5.02 Å². The van der Waals surface area contributed by atoms with Crippen molar-refractivity contribution < 1.29 is 22.7 Å². The molecule has 0 saturated carbocycles. The summed E-state index contributed by atoms with van der Waals surface area (Å²) in [6.07, 6.45) is 3.12. The van der Waals surface area contributed by atoms with Gasteiger partial charge in [0.25, 0.3) is 5.91 Å². The number of benzene rings is 2. The maximum Gasteiger partial charge on any atom is 0.340 e. The number of esters is 1. The van der Waals surface area contributed by atoms with Crippen LogP contribution in [0.3, 0.4) is 0 Å². The summed E-state index contributed by atoms with van der Waals surface area (Å²) in [5.74, 6) is -1.44. The van der Waals surface area contributed by atoms with Crippen LogP contribution in [0, 0.1) is 0 Å². The first-order valence-electron chi connectivity index (χ1n) is 8.15. The SMILES string of the molecule is NS(=O)(=O)c1ccc(Cl)c(C(=O)OCC(=O)Nc2ccc3c(c2)CCC3)c1. The van der Waals surface area contributed by atoms with E-state index in [9.17, 15) is 18.0 Å². The van der Waals surface area contributed by atoms with Crippen molar-refractivity contribution >= 4 is 39.2 Å². The fourth-order valence-corrected chi connectivity index (χ4v) is 3.63. The Morgan fingerprint density at radius 1 is 1.11 bits per heavy atom. The van der Waals surface area contributed by atoms with Crippen molar-refractivity contribution in [2.24, 2.45) is 5.14 Å². The van der Waals surface area contributed by atoms with Crippen LogP contribution in [0.5, 0.6) is 0 Å². The molecule has 1 aliphatic carbocycles. The molecule has 0 radical (unpaired) electrons.